The molecular formula is C11H18N4O. The van der Waals surface area contributed by atoms with Crippen LogP contribution in [0.4, 0.5) is 11.6 Å². The summed E-state index contributed by atoms with van der Waals surface area (Å²) < 4.78 is 5.62. The van der Waals surface area contributed by atoms with Crippen LogP contribution >= 0.6 is 0 Å². The predicted octanol–water partition coefficient (Wildman–Crippen LogP) is 0.982. The molecule has 0 saturated carbocycles. The minimum atomic E-state index is 0.297. The fraction of sp³-hybridized carbons (Fsp3) is 0.636. The van der Waals surface area contributed by atoms with Crippen molar-refractivity contribution in [1.82, 2.24) is 9.97 Å². The number of nitrogen functional groups attached to an aromatic ring is 1. The Morgan fingerprint density at radius 1 is 1.56 bits per heavy atom. The molecule has 1 aromatic heterocycles. The molecule has 1 atom stereocenters. The lowest BCUT2D eigenvalue weighted by molar-refractivity contribution is 0.0381. The summed E-state index contributed by atoms with van der Waals surface area (Å²) in [7, 11) is 0. The first-order valence-electron chi connectivity index (χ1n) is 5.66. The maximum absolute atomic E-state index is 5.72. The Labute approximate surface area is 95.6 Å². The summed E-state index contributed by atoms with van der Waals surface area (Å²) in [6.07, 6.45) is 1.32. The van der Waals surface area contributed by atoms with Crippen LogP contribution in [0.5, 0.6) is 0 Å². The van der Waals surface area contributed by atoms with Gasteiger partial charge >= 0.3 is 0 Å². The van der Waals surface area contributed by atoms with Crippen LogP contribution in [0.2, 0.25) is 0 Å². The predicted molar refractivity (Wildman–Crippen MR) is 63.4 cm³/mol. The third-order valence-electron chi connectivity index (χ3n) is 2.76. The lowest BCUT2D eigenvalue weighted by Gasteiger charge is -2.33. The number of aryl methyl sites for hydroxylation is 1. The molecular weight excluding hydrogens is 204 g/mol. The average Bonchev–Trinajstić information content (AvgIpc) is 2.28. The summed E-state index contributed by atoms with van der Waals surface area (Å²) in [5, 5.41) is 0. The first-order chi connectivity index (χ1) is 7.69. The molecule has 1 aliphatic rings. The van der Waals surface area contributed by atoms with E-state index in [1.165, 1.54) is 0 Å². The van der Waals surface area contributed by atoms with E-state index in [2.05, 4.69) is 21.8 Å². The van der Waals surface area contributed by atoms with Crippen LogP contribution < -0.4 is 10.6 Å². The third kappa shape index (κ3) is 2.41. The second-order valence-electron chi connectivity index (χ2n) is 4.05. The largest absolute Gasteiger partial charge is 0.384 e. The highest BCUT2D eigenvalue weighted by molar-refractivity contribution is 5.47. The van der Waals surface area contributed by atoms with Crippen molar-refractivity contribution >= 4 is 11.6 Å². The molecule has 1 fully saturated rings. The Morgan fingerprint density at radius 3 is 3.06 bits per heavy atom. The smallest absolute Gasteiger partial charge is 0.134 e. The molecule has 16 heavy (non-hydrogen) atoms. The number of morpholine rings is 1. The van der Waals surface area contributed by atoms with Crippen molar-refractivity contribution in [2.45, 2.75) is 26.4 Å². The van der Waals surface area contributed by atoms with Gasteiger partial charge in [-0.1, -0.05) is 6.92 Å². The molecule has 1 unspecified atom stereocenters. The number of anilines is 2. The van der Waals surface area contributed by atoms with Crippen LogP contribution in [0.15, 0.2) is 6.07 Å². The Kier molecular flexibility index (Phi) is 3.24. The van der Waals surface area contributed by atoms with Crippen LogP contribution in [-0.2, 0) is 4.74 Å². The number of ether oxygens (including phenoxy) is 1. The van der Waals surface area contributed by atoms with E-state index in [4.69, 9.17) is 10.5 Å². The second-order valence-corrected chi connectivity index (χ2v) is 4.05. The molecule has 1 aromatic rings. The second kappa shape index (κ2) is 4.65. The van der Waals surface area contributed by atoms with Gasteiger partial charge in [0, 0.05) is 19.2 Å². The van der Waals surface area contributed by atoms with Gasteiger partial charge in [-0.05, 0) is 13.3 Å². The Balaban J connectivity index is 2.16. The molecule has 0 radical (unpaired) electrons. The van der Waals surface area contributed by atoms with Gasteiger partial charge in [0.1, 0.15) is 17.5 Å². The average molecular weight is 222 g/mol. The van der Waals surface area contributed by atoms with Crippen molar-refractivity contribution < 1.29 is 4.74 Å². The van der Waals surface area contributed by atoms with E-state index in [1.54, 1.807) is 0 Å². The van der Waals surface area contributed by atoms with Gasteiger partial charge in [-0.15, -0.1) is 0 Å². The summed E-state index contributed by atoms with van der Waals surface area (Å²) in [6, 6.07) is 1.82. The summed E-state index contributed by atoms with van der Waals surface area (Å²) >= 11 is 0. The van der Waals surface area contributed by atoms with Gasteiger partial charge in [-0.3, -0.25) is 0 Å². The van der Waals surface area contributed by atoms with E-state index in [0.29, 0.717) is 11.9 Å². The van der Waals surface area contributed by atoms with Crippen LogP contribution in [-0.4, -0.2) is 35.8 Å². The normalized spacial score (nSPS) is 21.1. The maximum atomic E-state index is 5.72. The monoisotopic (exact) mass is 222 g/mol. The van der Waals surface area contributed by atoms with Gasteiger partial charge in [0.2, 0.25) is 0 Å². The fourth-order valence-electron chi connectivity index (χ4n) is 1.91. The Morgan fingerprint density at radius 2 is 2.38 bits per heavy atom. The highest BCUT2D eigenvalue weighted by Crippen LogP contribution is 2.18. The number of aromatic nitrogens is 2. The number of nitrogens with zero attached hydrogens (tertiary/aromatic N) is 3. The molecule has 2 heterocycles. The minimum Gasteiger partial charge on any atom is -0.384 e. The van der Waals surface area contributed by atoms with E-state index >= 15 is 0 Å². The van der Waals surface area contributed by atoms with Gasteiger partial charge in [-0.2, -0.15) is 0 Å². The Bertz CT molecular complexity index is 349. The highest BCUT2D eigenvalue weighted by Gasteiger charge is 2.20. The van der Waals surface area contributed by atoms with Crippen LogP contribution in [0, 0.1) is 6.92 Å². The van der Waals surface area contributed by atoms with Gasteiger partial charge < -0.3 is 15.4 Å². The zero-order valence-electron chi connectivity index (χ0n) is 9.81. The molecule has 1 saturated heterocycles. The lowest BCUT2D eigenvalue weighted by Crippen LogP contribution is -2.42. The van der Waals surface area contributed by atoms with Gasteiger partial charge in [-0.25, -0.2) is 9.97 Å². The zero-order chi connectivity index (χ0) is 11.5. The van der Waals surface area contributed by atoms with E-state index in [1.807, 2.05) is 13.0 Å². The molecule has 2 N–H and O–H groups in total. The van der Waals surface area contributed by atoms with Crippen molar-refractivity contribution in [3.05, 3.63) is 11.9 Å². The van der Waals surface area contributed by atoms with Gasteiger partial charge in [0.05, 0.1) is 12.7 Å². The molecule has 5 heteroatoms. The Hall–Kier alpha value is -1.36. The minimum absolute atomic E-state index is 0.297. The van der Waals surface area contributed by atoms with Crippen molar-refractivity contribution in [3.8, 4) is 0 Å². The molecule has 0 aromatic carbocycles. The van der Waals surface area contributed by atoms with Crippen molar-refractivity contribution in [1.29, 1.82) is 0 Å². The molecule has 1 aliphatic heterocycles. The van der Waals surface area contributed by atoms with Crippen molar-refractivity contribution in [2.75, 3.05) is 30.3 Å². The number of hydrogen-bond acceptors (Lipinski definition) is 5. The SMILES string of the molecule is CCC1CN(c2cc(N)nc(C)n2)CCO1. The molecule has 0 aliphatic carbocycles. The summed E-state index contributed by atoms with van der Waals surface area (Å²) in [5.74, 6) is 2.16. The highest BCUT2D eigenvalue weighted by atomic mass is 16.5. The summed E-state index contributed by atoms with van der Waals surface area (Å²) in [4.78, 5) is 10.7. The fourth-order valence-corrected chi connectivity index (χ4v) is 1.91. The van der Waals surface area contributed by atoms with E-state index in [-0.39, 0.29) is 0 Å². The van der Waals surface area contributed by atoms with Gasteiger partial charge in [0.15, 0.2) is 0 Å². The van der Waals surface area contributed by atoms with Gasteiger partial charge in [0.25, 0.3) is 0 Å². The van der Waals surface area contributed by atoms with Crippen LogP contribution in [0.3, 0.4) is 0 Å². The van der Waals surface area contributed by atoms with Crippen molar-refractivity contribution in [3.63, 3.8) is 0 Å². The zero-order valence-corrected chi connectivity index (χ0v) is 9.81. The molecule has 0 bridgehead atoms. The van der Waals surface area contributed by atoms with Crippen molar-refractivity contribution in [2.24, 2.45) is 0 Å². The molecule has 5 nitrogen and oxygen atoms in total. The maximum Gasteiger partial charge on any atom is 0.134 e. The van der Waals surface area contributed by atoms with Crippen LogP contribution in [0.1, 0.15) is 19.2 Å². The van der Waals surface area contributed by atoms with E-state index in [9.17, 15) is 0 Å². The topological polar surface area (TPSA) is 64.3 Å². The first kappa shape index (κ1) is 11.1. The lowest BCUT2D eigenvalue weighted by atomic mass is 10.2. The first-order valence-corrected chi connectivity index (χ1v) is 5.66. The molecule has 88 valence electrons. The third-order valence-corrected chi connectivity index (χ3v) is 2.76. The number of hydrogen-bond donors (Lipinski definition) is 1. The number of nitrogens with two attached hydrogens (primary N) is 1. The molecule has 0 spiro atoms. The molecule has 2 rings (SSSR count). The number of rotatable bonds is 2. The van der Waals surface area contributed by atoms with E-state index in [0.717, 1.165) is 37.8 Å². The quantitative estimate of drug-likeness (QED) is 0.808. The van der Waals surface area contributed by atoms with E-state index < -0.39 is 0 Å². The van der Waals surface area contributed by atoms with Crippen LogP contribution in [0.25, 0.3) is 0 Å². The summed E-state index contributed by atoms with van der Waals surface area (Å²) in [5.41, 5.74) is 5.72. The summed E-state index contributed by atoms with van der Waals surface area (Å²) in [6.45, 7) is 6.49. The standard InChI is InChI=1S/C11H18N4O/c1-3-9-7-15(4-5-16-9)11-6-10(12)13-8(2)14-11/h6,9H,3-5,7H2,1-2H3,(H2,12,13,14). The molecule has 0 amide bonds.